The number of fused-ring (bicyclic) bond motifs is 1. The Bertz CT molecular complexity index is 411. The van der Waals surface area contributed by atoms with Crippen LogP contribution in [-0.4, -0.2) is 31.7 Å². The van der Waals surface area contributed by atoms with Crippen LogP contribution in [-0.2, 0) is 7.05 Å². The number of nitrogens with zero attached hydrogens (tertiary/aromatic N) is 4. The minimum atomic E-state index is -0.000602. The summed E-state index contributed by atoms with van der Waals surface area (Å²) in [6, 6.07) is 0.297. The second-order valence-corrected chi connectivity index (χ2v) is 2.53. The van der Waals surface area contributed by atoms with Crippen LogP contribution in [0.1, 0.15) is 0 Å². The van der Waals surface area contributed by atoms with E-state index in [-0.39, 0.29) is 5.88 Å². The molecular weight excluding hydrogens is 172 g/mol. The van der Waals surface area contributed by atoms with E-state index in [4.69, 9.17) is 4.74 Å². The van der Waals surface area contributed by atoms with Gasteiger partial charge in [0.25, 0.3) is 0 Å². The van der Waals surface area contributed by atoms with E-state index in [1.54, 1.807) is 7.05 Å². The van der Waals surface area contributed by atoms with Crippen LogP contribution in [0.25, 0.3) is 11.5 Å². The number of ether oxygens (including phenoxy) is 1. The van der Waals surface area contributed by atoms with E-state index in [0.29, 0.717) is 17.5 Å². The zero-order chi connectivity index (χ0) is 9.42. The van der Waals surface area contributed by atoms with E-state index >= 15 is 0 Å². The molecule has 0 aromatic heterocycles. The molecule has 2 heterocycles. The summed E-state index contributed by atoms with van der Waals surface area (Å²) in [6.07, 6.45) is 1.34. The summed E-state index contributed by atoms with van der Waals surface area (Å²) in [5, 5.41) is 9.60. The molecule has 6 heteroatoms. The fraction of sp³-hybridized carbons (Fsp3) is 0.286. The van der Waals surface area contributed by atoms with Crippen LogP contribution >= 0.6 is 0 Å². The van der Waals surface area contributed by atoms with E-state index in [2.05, 4.69) is 15.0 Å². The molecule has 2 rings (SSSR count). The summed E-state index contributed by atoms with van der Waals surface area (Å²) in [5.41, 5.74) is 0.378. The van der Waals surface area contributed by atoms with Crippen molar-refractivity contribution in [1.29, 1.82) is 0 Å². The summed E-state index contributed by atoms with van der Waals surface area (Å²) in [4.78, 5) is 11.7. The third-order valence-corrected chi connectivity index (χ3v) is 1.78. The average Bonchev–Trinajstić information content (AvgIpc) is 2.59. The van der Waals surface area contributed by atoms with Crippen LogP contribution in [0.5, 0.6) is 11.9 Å². The van der Waals surface area contributed by atoms with Crippen molar-refractivity contribution in [3.05, 3.63) is 6.33 Å². The van der Waals surface area contributed by atoms with Gasteiger partial charge in [-0.1, -0.05) is 0 Å². The predicted octanol–water partition coefficient (Wildman–Crippen LogP) is 0.0291. The Morgan fingerprint density at radius 1 is 1.46 bits per heavy atom. The van der Waals surface area contributed by atoms with Crippen molar-refractivity contribution in [3.63, 3.8) is 0 Å². The molecule has 0 unspecified atom stereocenters. The normalized spacial score (nSPS) is 10.6. The van der Waals surface area contributed by atoms with E-state index in [9.17, 15) is 5.11 Å². The molecule has 13 heavy (non-hydrogen) atoms. The van der Waals surface area contributed by atoms with Gasteiger partial charge in [-0.25, -0.2) is 9.97 Å². The molecule has 1 N–H and O–H groups in total. The lowest BCUT2D eigenvalue weighted by Gasteiger charge is -2.09. The molecule has 2 aliphatic rings. The second kappa shape index (κ2) is 2.58. The molecule has 0 radical (unpaired) electrons. The van der Waals surface area contributed by atoms with Crippen LogP contribution in [0.3, 0.4) is 0 Å². The van der Waals surface area contributed by atoms with Crippen LogP contribution in [0.15, 0.2) is 6.33 Å². The highest BCUT2D eigenvalue weighted by Crippen LogP contribution is 2.28. The quantitative estimate of drug-likeness (QED) is 0.670. The third kappa shape index (κ3) is 0.986. The van der Waals surface area contributed by atoms with Gasteiger partial charge in [0.05, 0.1) is 7.11 Å². The maximum absolute atomic E-state index is 9.60. The van der Waals surface area contributed by atoms with Crippen LogP contribution in [0.2, 0.25) is 0 Å². The first kappa shape index (κ1) is 7.78. The molecular formula is C7H8N4O2. The van der Waals surface area contributed by atoms with Gasteiger partial charge in [-0.2, -0.15) is 4.98 Å². The lowest BCUT2D eigenvalue weighted by atomic mass is 10.4. The van der Waals surface area contributed by atoms with Gasteiger partial charge in [-0.15, -0.1) is 0 Å². The highest BCUT2D eigenvalue weighted by molar-refractivity contribution is 5.57. The maximum Gasteiger partial charge on any atom is 0.300 e. The van der Waals surface area contributed by atoms with E-state index in [0.717, 1.165) is 0 Å². The third-order valence-electron chi connectivity index (χ3n) is 1.78. The molecule has 6 nitrogen and oxygen atoms in total. The Morgan fingerprint density at radius 2 is 2.23 bits per heavy atom. The van der Waals surface area contributed by atoms with Crippen molar-refractivity contribution in [2.75, 3.05) is 7.11 Å². The average molecular weight is 180 g/mol. The molecule has 68 valence electrons. The first-order valence-corrected chi connectivity index (χ1v) is 3.64. The van der Waals surface area contributed by atoms with Crippen molar-refractivity contribution in [3.8, 4) is 23.4 Å². The minimum Gasteiger partial charge on any atom is -0.493 e. The molecule has 0 atom stereocenters. The number of aromatic nitrogens is 4. The first-order valence-electron chi connectivity index (χ1n) is 3.64. The minimum absolute atomic E-state index is 0.000602. The van der Waals surface area contributed by atoms with Crippen LogP contribution in [0.4, 0.5) is 0 Å². The van der Waals surface area contributed by atoms with Gasteiger partial charge in [0.2, 0.25) is 5.88 Å². The predicted molar refractivity (Wildman–Crippen MR) is 43.6 cm³/mol. The van der Waals surface area contributed by atoms with Gasteiger partial charge in [0.1, 0.15) is 6.33 Å². The highest BCUT2D eigenvalue weighted by atomic mass is 16.5. The van der Waals surface area contributed by atoms with E-state index in [1.165, 1.54) is 18.0 Å². The van der Waals surface area contributed by atoms with Crippen molar-refractivity contribution in [2.45, 2.75) is 0 Å². The molecule has 0 bridgehead atoms. The molecule has 2 aliphatic heterocycles. The second-order valence-electron chi connectivity index (χ2n) is 2.53. The first-order chi connectivity index (χ1) is 6.24. The van der Waals surface area contributed by atoms with Crippen molar-refractivity contribution in [1.82, 2.24) is 19.5 Å². The molecule has 0 spiro atoms. The SMILES string of the molecule is COc1nc2ncnc-2c(O)n1C. The highest BCUT2D eigenvalue weighted by Gasteiger charge is 2.18. The fourth-order valence-electron chi connectivity index (χ4n) is 1.10. The molecule has 0 aliphatic carbocycles. The lowest BCUT2D eigenvalue weighted by molar-refractivity contribution is 0.333. The van der Waals surface area contributed by atoms with Crippen LogP contribution in [0, 0.1) is 0 Å². The van der Waals surface area contributed by atoms with E-state index in [1.807, 2.05) is 0 Å². The monoisotopic (exact) mass is 180 g/mol. The van der Waals surface area contributed by atoms with Gasteiger partial charge in [-0.3, -0.25) is 4.57 Å². The molecule has 0 aromatic rings. The van der Waals surface area contributed by atoms with Crippen LogP contribution < -0.4 is 4.74 Å². The molecule has 0 saturated carbocycles. The summed E-state index contributed by atoms with van der Waals surface area (Å²) in [6.45, 7) is 0. The Kier molecular flexibility index (Phi) is 1.54. The largest absolute Gasteiger partial charge is 0.493 e. The van der Waals surface area contributed by atoms with Gasteiger partial charge in [0.15, 0.2) is 11.5 Å². The summed E-state index contributed by atoms with van der Waals surface area (Å²) in [7, 11) is 3.11. The summed E-state index contributed by atoms with van der Waals surface area (Å²) in [5.74, 6) is 0.381. The van der Waals surface area contributed by atoms with E-state index < -0.39 is 0 Å². The van der Waals surface area contributed by atoms with Gasteiger partial charge >= 0.3 is 6.01 Å². The standard InChI is InChI=1S/C7H8N4O2/c1-11-6(12)4-5(9-3-8-4)10-7(11)13-2/h3,12H,1-2H3. The lowest BCUT2D eigenvalue weighted by Crippen LogP contribution is -2.04. The Morgan fingerprint density at radius 3 is 2.92 bits per heavy atom. The van der Waals surface area contributed by atoms with Crippen molar-refractivity contribution >= 4 is 0 Å². The zero-order valence-corrected chi connectivity index (χ0v) is 7.22. The molecule has 0 saturated heterocycles. The number of methoxy groups -OCH3 is 1. The van der Waals surface area contributed by atoms with Gasteiger partial charge in [-0.05, 0) is 0 Å². The Balaban J connectivity index is 2.77. The molecule has 0 fully saturated rings. The van der Waals surface area contributed by atoms with Crippen molar-refractivity contribution < 1.29 is 9.84 Å². The zero-order valence-electron chi connectivity index (χ0n) is 7.22. The molecule has 0 amide bonds. The van der Waals surface area contributed by atoms with Gasteiger partial charge in [0, 0.05) is 7.05 Å². The summed E-state index contributed by atoms with van der Waals surface area (Å²) < 4.78 is 6.33. The smallest absolute Gasteiger partial charge is 0.300 e. The maximum atomic E-state index is 9.60. The number of aromatic hydroxyl groups is 1. The Labute approximate surface area is 74.2 Å². The molecule has 0 aromatic carbocycles. The Hall–Kier alpha value is -1.85. The number of hydrogen-bond donors (Lipinski definition) is 1. The fourth-order valence-corrected chi connectivity index (χ4v) is 1.10. The number of hydrogen-bond acceptors (Lipinski definition) is 5. The summed E-state index contributed by atoms with van der Waals surface area (Å²) >= 11 is 0. The van der Waals surface area contributed by atoms with Gasteiger partial charge < -0.3 is 9.84 Å². The number of rotatable bonds is 1. The van der Waals surface area contributed by atoms with Crippen molar-refractivity contribution in [2.24, 2.45) is 7.05 Å². The topological polar surface area (TPSA) is 73.1 Å². The number of imidazole rings is 1.